The molecule has 0 N–H and O–H groups in total. The molecule has 5 nitrogen and oxygen atoms in total. The van der Waals surface area contributed by atoms with E-state index >= 15 is 0 Å². The number of rotatable bonds is 3. The SMILES string of the molecule is COc1cc(C(=O)N2CCO[C@H]3[C@@H](OC)CC[C@@H]32)ccc1F. The number of hydrogen-bond donors (Lipinski definition) is 0. The van der Waals surface area contributed by atoms with Crippen LogP contribution in [0.1, 0.15) is 23.2 Å². The number of benzene rings is 1. The molecule has 1 heterocycles. The average molecular weight is 309 g/mol. The molecule has 2 aliphatic rings. The van der Waals surface area contributed by atoms with E-state index in [9.17, 15) is 9.18 Å². The number of carbonyl (C=O) groups excluding carboxylic acids is 1. The highest BCUT2D eigenvalue weighted by Gasteiger charge is 2.44. The van der Waals surface area contributed by atoms with Crippen LogP contribution in [-0.2, 0) is 9.47 Å². The first-order valence-corrected chi connectivity index (χ1v) is 7.44. The second-order valence-corrected chi connectivity index (χ2v) is 5.60. The van der Waals surface area contributed by atoms with Crippen LogP contribution in [0.5, 0.6) is 5.75 Å². The minimum Gasteiger partial charge on any atom is -0.494 e. The maximum Gasteiger partial charge on any atom is 0.254 e. The number of methoxy groups -OCH3 is 2. The summed E-state index contributed by atoms with van der Waals surface area (Å²) >= 11 is 0. The van der Waals surface area contributed by atoms with E-state index < -0.39 is 5.82 Å². The largest absolute Gasteiger partial charge is 0.494 e. The molecule has 2 fully saturated rings. The number of amides is 1. The van der Waals surface area contributed by atoms with E-state index in [1.165, 1.54) is 25.3 Å². The predicted molar refractivity (Wildman–Crippen MR) is 77.5 cm³/mol. The van der Waals surface area contributed by atoms with Crippen molar-refractivity contribution in [1.82, 2.24) is 4.90 Å². The lowest BCUT2D eigenvalue weighted by molar-refractivity contribution is -0.0946. The Morgan fingerprint density at radius 1 is 1.36 bits per heavy atom. The van der Waals surface area contributed by atoms with Crippen LogP contribution in [-0.4, -0.2) is 56.4 Å². The van der Waals surface area contributed by atoms with E-state index in [0.717, 1.165) is 12.8 Å². The Labute approximate surface area is 128 Å². The number of ether oxygens (including phenoxy) is 3. The molecule has 0 radical (unpaired) electrons. The van der Waals surface area contributed by atoms with E-state index in [1.807, 2.05) is 4.90 Å². The molecule has 120 valence electrons. The second kappa shape index (κ2) is 6.22. The van der Waals surface area contributed by atoms with Gasteiger partial charge in [0.1, 0.15) is 6.10 Å². The molecular formula is C16H20FNO4. The van der Waals surface area contributed by atoms with Gasteiger partial charge >= 0.3 is 0 Å². The maximum atomic E-state index is 13.5. The molecule has 1 aliphatic carbocycles. The fourth-order valence-corrected chi connectivity index (χ4v) is 3.38. The third-order valence-electron chi connectivity index (χ3n) is 4.50. The Kier molecular flexibility index (Phi) is 4.31. The van der Waals surface area contributed by atoms with Gasteiger partial charge in [0.15, 0.2) is 11.6 Å². The van der Waals surface area contributed by atoms with Gasteiger partial charge in [-0.15, -0.1) is 0 Å². The number of fused-ring (bicyclic) bond motifs is 1. The molecule has 1 aromatic rings. The monoisotopic (exact) mass is 309 g/mol. The van der Waals surface area contributed by atoms with Crippen molar-refractivity contribution in [2.75, 3.05) is 27.4 Å². The molecule has 0 bridgehead atoms. The fourth-order valence-electron chi connectivity index (χ4n) is 3.38. The van der Waals surface area contributed by atoms with Crippen molar-refractivity contribution in [1.29, 1.82) is 0 Å². The first kappa shape index (κ1) is 15.2. The lowest BCUT2D eigenvalue weighted by atomic mass is 10.1. The van der Waals surface area contributed by atoms with Gasteiger partial charge in [-0.2, -0.15) is 0 Å². The standard InChI is InChI=1S/C16H20FNO4/c1-20-13-6-5-12-15(13)22-8-7-18(12)16(19)10-3-4-11(17)14(9-10)21-2/h3-4,9,12-13,15H,5-8H2,1-2H3/t12-,13-,15+/m0/s1. The van der Waals surface area contributed by atoms with E-state index in [-0.39, 0.29) is 29.9 Å². The summed E-state index contributed by atoms with van der Waals surface area (Å²) in [4.78, 5) is 14.6. The van der Waals surface area contributed by atoms with Crippen LogP contribution in [0.25, 0.3) is 0 Å². The molecule has 0 spiro atoms. The number of carbonyl (C=O) groups is 1. The van der Waals surface area contributed by atoms with E-state index in [2.05, 4.69) is 0 Å². The minimum absolute atomic E-state index is 0.0160. The molecule has 6 heteroatoms. The summed E-state index contributed by atoms with van der Waals surface area (Å²) in [6.45, 7) is 1.03. The number of halogens is 1. The maximum absolute atomic E-state index is 13.5. The molecule has 1 amide bonds. The van der Waals surface area contributed by atoms with Gasteiger partial charge in [0, 0.05) is 19.2 Å². The zero-order valence-electron chi connectivity index (χ0n) is 12.8. The topological polar surface area (TPSA) is 48.0 Å². The lowest BCUT2D eigenvalue weighted by Gasteiger charge is -2.39. The Morgan fingerprint density at radius 2 is 2.18 bits per heavy atom. The van der Waals surface area contributed by atoms with Gasteiger partial charge in [0.05, 0.1) is 25.9 Å². The highest BCUT2D eigenvalue weighted by molar-refractivity contribution is 5.95. The van der Waals surface area contributed by atoms with Gasteiger partial charge in [0.2, 0.25) is 0 Å². The van der Waals surface area contributed by atoms with Crippen molar-refractivity contribution >= 4 is 5.91 Å². The highest BCUT2D eigenvalue weighted by Crippen LogP contribution is 2.33. The van der Waals surface area contributed by atoms with Crippen molar-refractivity contribution in [3.63, 3.8) is 0 Å². The van der Waals surface area contributed by atoms with Gasteiger partial charge < -0.3 is 19.1 Å². The summed E-state index contributed by atoms with van der Waals surface area (Å²) in [5, 5.41) is 0. The molecule has 0 aromatic heterocycles. The zero-order valence-corrected chi connectivity index (χ0v) is 12.8. The molecule has 3 rings (SSSR count). The molecule has 1 saturated heterocycles. The number of morpholine rings is 1. The van der Waals surface area contributed by atoms with Crippen LogP contribution >= 0.6 is 0 Å². The molecule has 1 aliphatic heterocycles. The number of nitrogens with zero attached hydrogens (tertiary/aromatic N) is 1. The van der Waals surface area contributed by atoms with Gasteiger partial charge in [-0.25, -0.2) is 4.39 Å². The first-order valence-electron chi connectivity index (χ1n) is 7.44. The summed E-state index contributed by atoms with van der Waals surface area (Å²) in [5.41, 5.74) is 0.430. The Bertz CT molecular complexity index is 565. The van der Waals surface area contributed by atoms with Crippen LogP contribution in [0, 0.1) is 5.82 Å². The van der Waals surface area contributed by atoms with E-state index in [4.69, 9.17) is 14.2 Å². The van der Waals surface area contributed by atoms with Crippen LogP contribution in [0.15, 0.2) is 18.2 Å². The smallest absolute Gasteiger partial charge is 0.254 e. The van der Waals surface area contributed by atoms with Crippen LogP contribution in [0.3, 0.4) is 0 Å². The first-order chi connectivity index (χ1) is 10.7. The van der Waals surface area contributed by atoms with Gasteiger partial charge in [-0.05, 0) is 31.0 Å². The van der Waals surface area contributed by atoms with Crippen LogP contribution < -0.4 is 4.74 Å². The third kappa shape index (κ3) is 2.57. The normalized spacial score (nSPS) is 27.6. The molecule has 22 heavy (non-hydrogen) atoms. The van der Waals surface area contributed by atoms with Crippen LogP contribution in [0.4, 0.5) is 4.39 Å². The highest BCUT2D eigenvalue weighted by atomic mass is 19.1. The third-order valence-corrected chi connectivity index (χ3v) is 4.50. The van der Waals surface area contributed by atoms with Crippen molar-refractivity contribution in [3.05, 3.63) is 29.6 Å². The summed E-state index contributed by atoms with van der Waals surface area (Å²) in [5.74, 6) is -0.510. The molecule has 1 aromatic carbocycles. The lowest BCUT2D eigenvalue weighted by Crippen LogP contribution is -2.53. The van der Waals surface area contributed by atoms with Gasteiger partial charge in [-0.1, -0.05) is 0 Å². The van der Waals surface area contributed by atoms with Crippen molar-refractivity contribution < 1.29 is 23.4 Å². The minimum atomic E-state index is -0.473. The molecule has 3 atom stereocenters. The Morgan fingerprint density at radius 3 is 2.91 bits per heavy atom. The van der Waals surface area contributed by atoms with E-state index in [1.54, 1.807) is 7.11 Å². The molecule has 0 unspecified atom stereocenters. The zero-order chi connectivity index (χ0) is 15.7. The average Bonchev–Trinajstić information content (AvgIpc) is 2.97. The summed E-state index contributed by atoms with van der Waals surface area (Å²) in [6.07, 6.45) is 1.68. The summed E-state index contributed by atoms with van der Waals surface area (Å²) in [6, 6.07) is 4.22. The van der Waals surface area contributed by atoms with Crippen molar-refractivity contribution in [2.24, 2.45) is 0 Å². The second-order valence-electron chi connectivity index (χ2n) is 5.60. The predicted octanol–water partition coefficient (Wildman–Crippen LogP) is 1.85. The van der Waals surface area contributed by atoms with Gasteiger partial charge in [-0.3, -0.25) is 4.79 Å². The summed E-state index contributed by atoms with van der Waals surface area (Å²) in [7, 11) is 3.06. The van der Waals surface area contributed by atoms with Crippen LogP contribution in [0.2, 0.25) is 0 Å². The van der Waals surface area contributed by atoms with E-state index in [0.29, 0.717) is 18.7 Å². The van der Waals surface area contributed by atoms with Crippen molar-refractivity contribution in [3.8, 4) is 5.75 Å². The van der Waals surface area contributed by atoms with Crippen molar-refractivity contribution in [2.45, 2.75) is 31.1 Å². The van der Waals surface area contributed by atoms with Gasteiger partial charge in [0.25, 0.3) is 5.91 Å². The Balaban J connectivity index is 1.82. The Hall–Kier alpha value is -1.66. The quantitative estimate of drug-likeness (QED) is 0.855. The number of hydrogen-bond acceptors (Lipinski definition) is 4. The summed E-state index contributed by atoms with van der Waals surface area (Å²) < 4.78 is 29.7. The molecule has 1 saturated carbocycles. The molecular weight excluding hydrogens is 289 g/mol. The fraction of sp³-hybridized carbons (Fsp3) is 0.562.